The molecule has 0 atom stereocenters. The van der Waals surface area contributed by atoms with Gasteiger partial charge in [-0.15, -0.1) is 0 Å². The van der Waals surface area contributed by atoms with Crippen LogP contribution in [0.5, 0.6) is 5.75 Å². The molecule has 0 fully saturated rings. The molecule has 2 rings (SSSR count). The Hall–Kier alpha value is -3.35. The van der Waals surface area contributed by atoms with E-state index < -0.39 is 11.8 Å². The van der Waals surface area contributed by atoms with Crippen LogP contribution in [0.15, 0.2) is 54.6 Å². The monoisotopic (exact) mass is 341 g/mol. The quantitative estimate of drug-likeness (QED) is 0.747. The molecular weight excluding hydrogens is 322 g/mol. The van der Waals surface area contributed by atoms with Crippen molar-refractivity contribution in [3.8, 4) is 5.75 Å². The summed E-state index contributed by atoms with van der Waals surface area (Å²) in [7, 11) is 0. The van der Waals surface area contributed by atoms with Crippen molar-refractivity contribution in [1.29, 1.82) is 0 Å². The summed E-state index contributed by atoms with van der Waals surface area (Å²) in [5.41, 5.74) is 11.3. The van der Waals surface area contributed by atoms with Crippen molar-refractivity contribution in [3.63, 3.8) is 0 Å². The molecule has 130 valence electrons. The Morgan fingerprint density at radius 3 is 2.20 bits per heavy atom. The van der Waals surface area contributed by atoms with Gasteiger partial charge in [-0.05, 0) is 24.3 Å². The Morgan fingerprint density at radius 1 is 0.920 bits per heavy atom. The third-order valence-corrected chi connectivity index (χ3v) is 3.45. The number of para-hydroxylation sites is 2. The van der Waals surface area contributed by atoms with E-state index in [0.29, 0.717) is 5.69 Å². The summed E-state index contributed by atoms with van der Waals surface area (Å²) in [5, 5.41) is 0. The minimum atomic E-state index is -0.642. The van der Waals surface area contributed by atoms with Crippen molar-refractivity contribution in [2.24, 2.45) is 11.5 Å². The average molecular weight is 341 g/mol. The van der Waals surface area contributed by atoms with Gasteiger partial charge in [-0.3, -0.25) is 14.4 Å². The Balaban J connectivity index is 2.12. The lowest BCUT2D eigenvalue weighted by Crippen LogP contribution is -2.37. The number of benzene rings is 2. The first-order valence-electron chi connectivity index (χ1n) is 7.64. The van der Waals surface area contributed by atoms with Gasteiger partial charge in [-0.2, -0.15) is 0 Å². The van der Waals surface area contributed by atoms with E-state index in [9.17, 15) is 14.4 Å². The highest BCUT2D eigenvalue weighted by molar-refractivity contribution is 5.97. The summed E-state index contributed by atoms with van der Waals surface area (Å²) >= 11 is 0. The summed E-state index contributed by atoms with van der Waals surface area (Å²) in [5.74, 6) is -1.29. The van der Waals surface area contributed by atoms with Gasteiger partial charge >= 0.3 is 0 Å². The Bertz CT molecular complexity index is 762. The molecule has 0 heterocycles. The summed E-state index contributed by atoms with van der Waals surface area (Å²) in [6, 6.07) is 15.3. The SMILES string of the molecule is NC(=O)CCN(C(=O)COc1ccccc1C(N)=O)c1ccccc1. The lowest BCUT2D eigenvalue weighted by atomic mass is 10.2. The van der Waals surface area contributed by atoms with E-state index in [1.165, 1.54) is 11.0 Å². The normalized spacial score (nSPS) is 10.1. The van der Waals surface area contributed by atoms with E-state index in [0.717, 1.165) is 0 Å². The molecule has 0 aliphatic rings. The number of anilines is 1. The lowest BCUT2D eigenvalue weighted by molar-refractivity contribution is -0.120. The highest BCUT2D eigenvalue weighted by Gasteiger charge is 2.18. The van der Waals surface area contributed by atoms with Gasteiger partial charge < -0.3 is 21.1 Å². The van der Waals surface area contributed by atoms with Crippen molar-refractivity contribution in [3.05, 3.63) is 60.2 Å². The van der Waals surface area contributed by atoms with Crippen LogP contribution in [0, 0.1) is 0 Å². The Labute approximate surface area is 145 Å². The van der Waals surface area contributed by atoms with Crippen molar-refractivity contribution >= 4 is 23.4 Å². The number of nitrogens with two attached hydrogens (primary N) is 2. The summed E-state index contributed by atoms with van der Waals surface area (Å²) < 4.78 is 5.46. The standard InChI is InChI=1S/C18H19N3O4/c19-16(22)10-11-21(13-6-2-1-3-7-13)17(23)12-25-15-9-5-4-8-14(15)18(20)24/h1-9H,10-12H2,(H2,19,22)(H2,20,24). The van der Waals surface area contributed by atoms with Crippen LogP contribution in [0.4, 0.5) is 5.69 Å². The second kappa shape index (κ2) is 8.49. The highest BCUT2D eigenvalue weighted by Crippen LogP contribution is 2.18. The molecule has 0 aliphatic carbocycles. The number of hydrogen-bond donors (Lipinski definition) is 2. The molecule has 0 unspecified atom stereocenters. The summed E-state index contributed by atoms with van der Waals surface area (Å²) in [4.78, 5) is 36.4. The van der Waals surface area contributed by atoms with Crippen LogP contribution in [0.1, 0.15) is 16.8 Å². The van der Waals surface area contributed by atoms with Gasteiger partial charge in [0.1, 0.15) is 5.75 Å². The molecule has 0 bridgehead atoms. The van der Waals surface area contributed by atoms with E-state index in [2.05, 4.69) is 0 Å². The van der Waals surface area contributed by atoms with Gasteiger partial charge in [0.15, 0.2) is 6.61 Å². The zero-order valence-electron chi connectivity index (χ0n) is 13.6. The summed E-state index contributed by atoms with van der Waals surface area (Å²) in [6.07, 6.45) is 0.0263. The van der Waals surface area contributed by atoms with Crippen LogP contribution in [0.3, 0.4) is 0 Å². The van der Waals surface area contributed by atoms with Crippen molar-refractivity contribution < 1.29 is 19.1 Å². The molecule has 0 aromatic heterocycles. The number of rotatable bonds is 8. The first-order chi connectivity index (χ1) is 12.0. The van der Waals surface area contributed by atoms with Crippen LogP contribution >= 0.6 is 0 Å². The van der Waals surface area contributed by atoms with E-state index >= 15 is 0 Å². The molecule has 0 radical (unpaired) electrons. The maximum atomic E-state index is 12.5. The maximum absolute atomic E-state index is 12.5. The predicted octanol–water partition coefficient (Wildman–Crippen LogP) is 1.07. The van der Waals surface area contributed by atoms with Crippen LogP contribution in [0.25, 0.3) is 0 Å². The van der Waals surface area contributed by atoms with Crippen LogP contribution < -0.4 is 21.1 Å². The number of nitrogens with zero attached hydrogens (tertiary/aromatic N) is 1. The molecule has 3 amide bonds. The lowest BCUT2D eigenvalue weighted by Gasteiger charge is -2.22. The minimum Gasteiger partial charge on any atom is -0.483 e. The fourth-order valence-electron chi connectivity index (χ4n) is 2.24. The van der Waals surface area contributed by atoms with E-state index in [1.54, 1.807) is 42.5 Å². The zero-order valence-corrected chi connectivity index (χ0v) is 13.6. The number of carbonyl (C=O) groups excluding carboxylic acids is 3. The van der Waals surface area contributed by atoms with Crippen LogP contribution in [-0.2, 0) is 9.59 Å². The zero-order chi connectivity index (χ0) is 18.2. The number of ether oxygens (including phenoxy) is 1. The Morgan fingerprint density at radius 2 is 1.56 bits per heavy atom. The largest absolute Gasteiger partial charge is 0.483 e. The Kier molecular flexibility index (Phi) is 6.11. The van der Waals surface area contributed by atoms with Gasteiger partial charge in [0.25, 0.3) is 11.8 Å². The number of carbonyl (C=O) groups is 3. The fraction of sp³-hybridized carbons (Fsp3) is 0.167. The fourth-order valence-corrected chi connectivity index (χ4v) is 2.24. The molecule has 4 N–H and O–H groups in total. The molecule has 25 heavy (non-hydrogen) atoms. The van der Waals surface area contributed by atoms with Gasteiger partial charge in [0.2, 0.25) is 5.91 Å². The van der Waals surface area contributed by atoms with Gasteiger partial charge in [0.05, 0.1) is 5.56 Å². The average Bonchev–Trinajstić information content (AvgIpc) is 2.61. The van der Waals surface area contributed by atoms with Crippen LogP contribution in [-0.4, -0.2) is 30.9 Å². The number of hydrogen-bond acceptors (Lipinski definition) is 4. The van der Waals surface area contributed by atoms with E-state index in [4.69, 9.17) is 16.2 Å². The summed E-state index contributed by atoms with van der Waals surface area (Å²) in [6.45, 7) is -0.170. The van der Waals surface area contributed by atoms with E-state index in [1.807, 2.05) is 6.07 Å². The molecule has 7 nitrogen and oxygen atoms in total. The molecule has 0 aliphatic heterocycles. The molecule has 2 aromatic rings. The highest BCUT2D eigenvalue weighted by atomic mass is 16.5. The minimum absolute atomic E-state index is 0.0263. The topological polar surface area (TPSA) is 116 Å². The van der Waals surface area contributed by atoms with Crippen LogP contribution in [0.2, 0.25) is 0 Å². The van der Waals surface area contributed by atoms with E-state index in [-0.39, 0.29) is 36.8 Å². The number of amides is 3. The first-order valence-corrected chi connectivity index (χ1v) is 7.64. The van der Waals surface area contributed by atoms with Gasteiger partial charge in [0, 0.05) is 18.7 Å². The molecule has 7 heteroatoms. The second-order valence-corrected chi connectivity index (χ2v) is 5.25. The molecule has 0 spiro atoms. The van der Waals surface area contributed by atoms with Crippen molar-refractivity contribution in [2.45, 2.75) is 6.42 Å². The van der Waals surface area contributed by atoms with Crippen molar-refractivity contribution in [2.75, 3.05) is 18.1 Å². The predicted molar refractivity (Wildman–Crippen MR) is 93.1 cm³/mol. The van der Waals surface area contributed by atoms with Crippen molar-refractivity contribution in [1.82, 2.24) is 0 Å². The molecule has 2 aromatic carbocycles. The molecule has 0 saturated heterocycles. The van der Waals surface area contributed by atoms with Gasteiger partial charge in [-0.1, -0.05) is 30.3 Å². The molecule has 0 saturated carbocycles. The van der Waals surface area contributed by atoms with Gasteiger partial charge in [-0.25, -0.2) is 0 Å². The maximum Gasteiger partial charge on any atom is 0.264 e. The smallest absolute Gasteiger partial charge is 0.264 e. The second-order valence-electron chi connectivity index (χ2n) is 5.25. The third kappa shape index (κ3) is 5.07. The third-order valence-electron chi connectivity index (χ3n) is 3.45. The first kappa shape index (κ1) is 18.0. The number of primary amides is 2. The molecular formula is C18H19N3O4.